The van der Waals surface area contributed by atoms with Crippen molar-refractivity contribution in [2.45, 2.75) is 25.8 Å². The molecule has 2 heterocycles. The molecule has 3 rings (SSSR count). The Hall–Kier alpha value is -1.11. The van der Waals surface area contributed by atoms with Crippen LogP contribution in [0, 0.1) is 0 Å². The van der Waals surface area contributed by atoms with E-state index in [4.69, 9.17) is 27.9 Å². The fraction of sp³-hybridized carbons (Fsp3) is 0.450. The van der Waals surface area contributed by atoms with Crippen molar-refractivity contribution in [3.63, 3.8) is 0 Å². The van der Waals surface area contributed by atoms with Gasteiger partial charge in [-0.1, -0.05) is 29.3 Å². The zero-order valence-electron chi connectivity index (χ0n) is 15.3. The molecule has 0 spiro atoms. The first kappa shape index (κ1) is 20.6. The Kier molecular flexibility index (Phi) is 7.56. The molecule has 2 aromatic rings. The summed E-state index contributed by atoms with van der Waals surface area (Å²) < 4.78 is 5.33. The molecule has 4 nitrogen and oxygen atoms in total. The van der Waals surface area contributed by atoms with Crippen LogP contribution in [0.25, 0.3) is 0 Å². The highest BCUT2D eigenvalue weighted by atomic mass is 35.5. The van der Waals surface area contributed by atoms with E-state index in [1.165, 1.54) is 10.4 Å². The Bertz CT molecular complexity index is 781. The molecule has 1 N–H and O–H groups in total. The first-order chi connectivity index (χ1) is 13.1. The summed E-state index contributed by atoms with van der Waals surface area (Å²) in [6, 6.07) is 7.44. The van der Waals surface area contributed by atoms with Crippen LogP contribution in [-0.2, 0) is 16.0 Å². The van der Waals surface area contributed by atoms with Gasteiger partial charge >= 0.3 is 0 Å². The van der Waals surface area contributed by atoms with Crippen LogP contribution < -0.4 is 5.32 Å². The predicted octanol–water partition coefficient (Wildman–Crippen LogP) is 4.55. The molecule has 27 heavy (non-hydrogen) atoms. The smallest absolute Gasteiger partial charge is 0.237 e. The Balaban J connectivity index is 1.74. The predicted molar refractivity (Wildman–Crippen MR) is 112 cm³/mol. The van der Waals surface area contributed by atoms with E-state index in [1.807, 2.05) is 24.0 Å². The van der Waals surface area contributed by atoms with E-state index < -0.39 is 0 Å². The van der Waals surface area contributed by atoms with Gasteiger partial charge in [0.15, 0.2) is 0 Å². The third kappa shape index (κ3) is 5.04. The molecule has 146 valence electrons. The zero-order valence-corrected chi connectivity index (χ0v) is 17.7. The summed E-state index contributed by atoms with van der Waals surface area (Å²) in [5.41, 5.74) is 2.09. The third-order valence-corrected chi connectivity index (χ3v) is 6.22. The molecule has 1 aliphatic heterocycles. The number of carbonyl (C=O) groups is 1. The summed E-state index contributed by atoms with van der Waals surface area (Å²) in [5, 5.41) is 6.50. The number of nitrogens with zero attached hydrogens (tertiary/aromatic N) is 1. The Morgan fingerprint density at radius 3 is 2.96 bits per heavy atom. The monoisotopic (exact) mass is 426 g/mol. The molecule has 1 aliphatic rings. The summed E-state index contributed by atoms with van der Waals surface area (Å²) in [5.74, 6) is 0.0827. The number of thiophene rings is 1. The van der Waals surface area contributed by atoms with E-state index in [1.54, 1.807) is 17.4 Å². The quantitative estimate of drug-likeness (QED) is 0.629. The highest BCUT2D eigenvalue weighted by Crippen LogP contribution is 2.40. The summed E-state index contributed by atoms with van der Waals surface area (Å²) in [6.45, 7) is 5.18. The van der Waals surface area contributed by atoms with Crippen LogP contribution in [0.3, 0.4) is 0 Å². The van der Waals surface area contributed by atoms with Crippen molar-refractivity contribution >= 4 is 40.4 Å². The number of carbonyl (C=O) groups excluding carboxylic acids is 1. The number of fused-ring (bicyclic) bond motifs is 1. The van der Waals surface area contributed by atoms with Gasteiger partial charge in [-0.15, -0.1) is 11.3 Å². The van der Waals surface area contributed by atoms with Gasteiger partial charge < -0.3 is 15.0 Å². The van der Waals surface area contributed by atoms with Gasteiger partial charge in [0.1, 0.15) is 0 Å². The van der Waals surface area contributed by atoms with Crippen LogP contribution in [0.1, 0.15) is 35.4 Å². The minimum absolute atomic E-state index is 0.0827. The van der Waals surface area contributed by atoms with Crippen molar-refractivity contribution in [1.82, 2.24) is 10.2 Å². The average molecular weight is 427 g/mol. The lowest BCUT2D eigenvalue weighted by molar-refractivity contribution is -0.132. The molecular weight excluding hydrogens is 403 g/mol. The lowest BCUT2D eigenvalue weighted by atomic mass is 9.93. The number of hydrogen-bond acceptors (Lipinski definition) is 4. The standard InChI is InChI=1S/C20H24Cl2N2O2S/c1-2-26-10-3-8-23-13-19(25)24-9-6-18-16(7-11-27-18)20(24)15-5-4-14(21)12-17(15)22/h4-5,7,11-12,20,23H,2-3,6,8-10,13H2,1H3/t20-/m0/s1. The zero-order chi connectivity index (χ0) is 19.2. The van der Waals surface area contributed by atoms with Crippen molar-refractivity contribution < 1.29 is 9.53 Å². The largest absolute Gasteiger partial charge is 0.382 e. The van der Waals surface area contributed by atoms with Gasteiger partial charge in [0.2, 0.25) is 5.91 Å². The highest BCUT2D eigenvalue weighted by Gasteiger charge is 2.33. The van der Waals surface area contributed by atoms with Gasteiger partial charge in [0, 0.05) is 34.7 Å². The number of hydrogen-bond donors (Lipinski definition) is 1. The molecule has 0 aliphatic carbocycles. The summed E-state index contributed by atoms with van der Waals surface area (Å²) >= 11 is 14.3. The maximum Gasteiger partial charge on any atom is 0.237 e. The van der Waals surface area contributed by atoms with E-state index in [-0.39, 0.29) is 11.9 Å². The molecule has 0 unspecified atom stereocenters. The second-order valence-corrected chi connectivity index (χ2v) is 8.28. The fourth-order valence-corrected chi connectivity index (χ4v) is 4.80. The SMILES string of the molecule is CCOCCCNCC(=O)N1CCc2sccc2[C@@H]1c1ccc(Cl)cc1Cl. The number of benzene rings is 1. The number of amides is 1. The van der Waals surface area contributed by atoms with E-state index in [9.17, 15) is 4.79 Å². The van der Waals surface area contributed by atoms with Gasteiger partial charge in [-0.25, -0.2) is 0 Å². The lowest BCUT2D eigenvalue weighted by Crippen LogP contribution is -2.44. The second-order valence-electron chi connectivity index (χ2n) is 6.43. The summed E-state index contributed by atoms with van der Waals surface area (Å²) in [4.78, 5) is 16.2. The highest BCUT2D eigenvalue weighted by molar-refractivity contribution is 7.10. The normalized spacial score (nSPS) is 16.4. The minimum atomic E-state index is -0.164. The maximum atomic E-state index is 12.9. The van der Waals surface area contributed by atoms with Crippen LogP contribution >= 0.6 is 34.5 Å². The van der Waals surface area contributed by atoms with Gasteiger partial charge in [0.05, 0.1) is 12.6 Å². The molecule has 0 fully saturated rings. The molecule has 1 atom stereocenters. The van der Waals surface area contributed by atoms with Crippen LogP contribution in [0.15, 0.2) is 29.6 Å². The molecule has 1 amide bonds. The van der Waals surface area contributed by atoms with Crippen LogP contribution in [-0.4, -0.2) is 43.7 Å². The molecule has 7 heteroatoms. The maximum absolute atomic E-state index is 12.9. The first-order valence-corrected chi connectivity index (χ1v) is 10.8. The second kappa shape index (κ2) is 9.89. The van der Waals surface area contributed by atoms with Gasteiger partial charge in [-0.05, 0) is 61.0 Å². The fourth-order valence-electron chi connectivity index (χ4n) is 3.38. The van der Waals surface area contributed by atoms with E-state index in [2.05, 4.69) is 16.8 Å². The molecule has 0 radical (unpaired) electrons. The topological polar surface area (TPSA) is 41.6 Å². The Labute approximate surface area is 174 Å². The lowest BCUT2D eigenvalue weighted by Gasteiger charge is -2.37. The number of rotatable bonds is 8. The molecule has 1 aromatic carbocycles. The number of ether oxygens (including phenoxy) is 1. The van der Waals surface area contributed by atoms with Gasteiger partial charge in [-0.2, -0.15) is 0 Å². The van der Waals surface area contributed by atoms with E-state index in [0.717, 1.165) is 31.6 Å². The first-order valence-electron chi connectivity index (χ1n) is 9.21. The van der Waals surface area contributed by atoms with Crippen LogP contribution in [0.2, 0.25) is 10.0 Å². The number of halogens is 2. The minimum Gasteiger partial charge on any atom is -0.382 e. The van der Waals surface area contributed by atoms with Gasteiger partial charge in [0.25, 0.3) is 0 Å². The summed E-state index contributed by atoms with van der Waals surface area (Å²) in [7, 11) is 0. The molecule has 0 saturated carbocycles. The third-order valence-electron chi connectivity index (χ3n) is 4.67. The summed E-state index contributed by atoms with van der Waals surface area (Å²) in [6.07, 6.45) is 1.77. The van der Waals surface area contributed by atoms with Crippen molar-refractivity contribution in [3.8, 4) is 0 Å². The van der Waals surface area contributed by atoms with Crippen molar-refractivity contribution in [2.24, 2.45) is 0 Å². The molecule has 0 saturated heterocycles. The number of nitrogens with one attached hydrogen (secondary N) is 1. The Morgan fingerprint density at radius 1 is 1.33 bits per heavy atom. The molecular formula is C20H24Cl2N2O2S. The van der Waals surface area contributed by atoms with Gasteiger partial charge in [-0.3, -0.25) is 4.79 Å². The Morgan fingerprint density at radius 2 is 2.19 bits per heavy atom. The molecule has 0 bridgehead atoms. The van der Waals surface area contributed by atoms with Crippen molar-refractivity contribution in [2.75, 3.05) is 32.8 Å². The van der Waals surface area contributed by atoms with Crippen LogP contribution in [0.5, 0.6) is 0 Å². The molecule has 1 aromatic heterocycles. The average Bonchev–Trinajstić information content (AvgIpc) is 3.13. The van der Waals surface area contributed by atoms with Crippen molar-refractivity contribution in [1.29, 1.82) is 0 Å². The van der Waals surface area contributed by atoms with E-state index in [0.29, 0.717) is 29.7 Å². The van der Waals surface area contributed by atoms with E-state index >= 15 is 0 Å². The van der Waals surface area contributed by atoms with Crippen molar-refractivity contribution in [3.05, 3.63) is 55.7 Å². The van der Waals surface area contributed by atoms with Crippen LogP contribution in [0.4, 0.5) is 0 Å².